The van der Waals surface area contributed by atoms with Crippen LogP contribution in [0.5, 0.6) is 0 Å². The van der Waals surface area contributed by atoms with E-state index in [2.05, 4.69) is 5.32 Å². The van der Waals surface area contributed by atoms with E-state index in [9.17, 15) is 4.79 Å². The number of halogens is 4. The molecule has 0 aliphatic carbocycles. The molecule has 0 heterocycles. The molecule has 0 unspecified atom stereocenters. The van der Waals surface area contributed by atoms with Crippen LogP contribution in [0.15, 0.2) is 36.4 Å². The van der Waals surface area contributed by atoms with Crippen LogP contribution in [0.3, 0.4) is 0 Å². The van der Waals surface area contributed by atoms with Crippen LogP contribution < -0.4 is 5.32 Å². The van der Waals surface area contributed by atoms with Crippen LogP contribution in [0.25, 0.3) is 0 Å². The Bertz CT molecular complexity index is 622. The number of benzene rings is 2. The third kappa shape index (κ3) is 3.34. The Balaban J connectivity index is 2.31. The average molecular weight is 335 g/mol. The van der Waals surface area contributed by atoms with E-state index in [0.717, 1.165) is 0 Å². The minimum atomic E-state index is -0.406. The molecule has 0 aromatic heterocycles. The molecular formula is C13H7Cl4NO. The molecule has 0 saturated carbocycles. The molecule has 0 bridgehead atoms. The number of anilines is 1. The van der Waals surface area contributed by atoms with Crippen LogP contribution in [0, 0.1) is 0 Å². The van der Waals surface area contributed by atoms with Gasteiger partial charge in [-0.3, -0.25) is 4.79 Å². The van der Waals surface area contributed by atoms with E-state index in [-0.39, 0.29) is 5.02 Å². The summed E-state index contributed by atoms with van der Waals surface area (Å²) in [4.78, 5) is 12.1. The summed E-state index contributed by atoms with van der Waals surface area (Å²) >= 11 is 23.7. The topological polar surface area (TPSA) is 29.1 Å². The van der Waals surface area contributed by atoms with Crippen molar-refractivity contribution >= 4 is 58.0 Å². The molecule has 0 saturated heterocycles. The molecule has 2 nitrogen and oxygen atoms in total. The maximum atomic E-state index is 12.1. The molecule has 1 N–H and O–H groups in total. The Hall–Kier alpha value is -0.930. The van der Waals surface area contributed by atoms with Gasteiger partial charge in [0.25, 0.3) is 5.91 Å². The number of para-hydroxylation sites is 1. The minimum absolute atomic E-state index is 0.258. The molecule has 2 aromatic carbocycles. The van der Waals surface area contributed by atoms with E-state index in [0.29, 0.717) is 26.3 Å². The van der Waals surface area contributed by atoms with Crippen LogP contribution in [-0.2, 0) is 0 Å². The number of hydrogen-bond acceptors (Lipinski definition) is 1. The Morgan fingerprint density at radius 1 is 0.895 bits per heavy atom. The van der Waals surface area contributed by atoms with Crippen LogP contribution in [0.4, 0.5) is 5.69 Å². The first-order valence-electron chi connectivity index (χ1n) is 5.19. The lowest BCUT2D eigenvalue weighted by Gasteiger charge is -2.10. The van der Waals surface area contributed by atoms with Crippen molar-refractivity contribution in [1.29, 1.82) is 0 Å². The van der Waals surface area contributed by atoms with Gasteiger partial charge < -0.3 is 5.32 Å². The lowest BCUT2D eigenvalue weighted by atomic mass is 10.2. The van der Waals surface area contributed by atoms with E-state index in [1.807, 2.05) is 0 Å². The van der Waals surface area contributed by atoms with Crippen molar-refractivity contribution in [3.05, 3.63) is 62.1 Å². The Morgan fingerprint density at radius 2 is 1.53 bits per heavy atom. The zero-order valence-electron chi connectivity index (χ0n) is 9.38. The summed E-state index contributed by atoms with van der Waals surface area (Å²) in [6.07, 6.45) is 0. The van der Waals surface area contributed by atoms with Crippen LogP contribution in [0.1, 0.15) is 10.4 Å². The zero-order chi connectivity index (χ0) is 14.0. The standard InChI is InChI=1S/C13H7Cl4NO/c14-7-4-5-8(11(17)6-7)13(19)18-12-9(15)2-1-3-10(12)16/h1-6H,(H,18,19). The fraction of sp³-hybridized carbons (Fsp3) is 0. The number of carbonyl (C=O) groups excluding carboxylic acids is 1. The molecule has 2 aromatic rings. The fourth-order valence-electron chi connectivity index (χ4n) is 1.47. The molecule has 2 rings (SSSR count). The molecule has 1 amide bonds. The van der Waals surface area contributed by atoms with Crippen molar-refractivity contribution in [2.24, 2.45) is 0 Å². The molecule has 0 atom stereocenters. The summed E-state index contributed by atoms with van der Waals surface area (Å²) in [6, 6.07) is 9.56. The SMILES string of the molecule is O=C(Nc1c(Cl)cccc1Cl)c1ccc(Cl)cc1Cl. The number of amides is 1. The highest BCUT2D eigenvalue weighted by Crippen LogP contribution is 2.31. The number of nitrogens with one attached hydrogen (secondary N) is 1. The summed E-state index contributed by atoms with van der Waals surface area (Å²) in [5.41, 5.74) is 0.643. The van der Waals surface area contributed by atoms with E-state index < -0.39 is 5.91 Å². The van der Waals surface area contributed by atoms with Gasteiger partial charge in [-0.25, -0.2) is 0 Å². The second kappa shape index (κ2) is 6.02. The number of rotatable bonds is 2. The molecule has 0 aliphatic rings. The van der Waals surface area contributed by atoms with Gasteiger partial charge in [-0.2, -0.15) is 0 Å². The van der Waals surface area contributed by atoms with Crippen LogP contribution >= 0.6 is 46.4 Å². The highest BCUT2D eigenvalue weighted by Gasteiger charge is 2.14. The summed E-state index contributed by atoms with van der Waals surface area (Å²) in [6.45, 7) is 0. The Labute approximate surface area is 130 Å². The van der Waals surface area contributed by atoms with Crippen molar-refractivity contribution in [3.8, 4) is 0 Å². The predicted molar refractivity (Wildman–Crippen MR) is 80.9 cm³/mol. The van der Waals surface area contributed by atoms with Gasteiger partial charge in [0.1, 0.15) is 0 Å². The average Bonchev–Trinajstić information content (AvgIpc) is 2.33. The molecule has 0 radical (unpaired) electrons. The second-order valence-corrected chi connectivity index (χ2v) is 5.33. The maximum Gasteiger partial charge on any atom is 0.257 e. The fourth-order valence-corrected chi connectivity index (χ4v) is 2.46. The monoisotopic (exact) mass is 333 g/mol. The highest BCUT2D eigenvalue weighted by atomic mass is 35.5. The van der Waals surface area contributed by atoms with Crippen molar-refractivity contribution in [2.75, 3.05) is 5.32 Å². The lowest BCUT2D eigenvalue weighted by Crippen LogP contribution is -2.13. The van der Waals surface area contributed by atoms with E-state index in [4.69, 9.17) is 46.4 Å². The molecule has 19 heavy (non-hydrogen) atoms. The van der Waals surface area contributed by atoms with Crippen molar-refractivity contribution in [2.45, 2.75) is 0 Å². The largest absolute Gasteiger partial charge is 0.319 e. The van der Waals surface area contributed by atoms with Crippen molar-refractivity contribution in [1.82, 2.24) is 0 Å². The molecule has 6 heteroatoms. The van der Waals surface area contributed by atoms with Crippen LogP contribution in [0.2, 0.25) is 20.1 Å². The van der Waals surface area contributed by atoms with Gasteiger partial charge in [0.15, 0.2) is 0 Å². The van der Waals surface area contributed by atoms with Crippen LogP contribution in [-0.4, -0.2) is 5.91 Å². The van der Waals surface area contributed by atoms with Gasteiger partial charge in [0.05, 0.1) is 26.3 Å². The summed E-state index contributed by atoms with van der Waals surface area (Å²) in [5.74, 6) is -0.406. The smallest absolute Gasteiger partial charge is 0.257 e. The van der Waals surface area contributed by atoms with Gasteiger partial charge in [-0.05, 0) is 30.3 Å². The Morgan fingerprint density at radius 3 is 2.11 bits per heavy atom. The summed E-state index contributed by atoms with van der Waals surface area (Å²) < 4.78 is 0. The van der Waals surface area contributed by atoms with Gasteiger partial charge in [-0.1, -0.05) is 52.5 Å². The zero-order valence-corrected chi connectivity index (χ0v) is 12.4. The Kier molecular flexibility index (Phi) is 4.58. The first-order valence-corrected chi connectivity index (χ1v) is 6.70. The normalized spacial score (nSPS) is 10.3. The van der Waals surface area contributed by atoms with Gasteiger partial charge in [0, 0.05) is 5.02 Å². The van der Waals surface area contributed by atoms with Gasteiger partial charge >= 0.3 is 0 Å². The summed E-state index contributed by atoms with van der Waals surface area (Å²) in [7, 11) is 0. The predicted octanol–water partition coefficient (Wildman–Crippen LogP) is 5.55. The van der Waals surface area contributed by atoms with Crippen molar-refractivity contribution in [3.63, 3.8) is 0 Å². The third-order valence-corrected chi connectivity index (χ3v) is 3.55. The second-order valence-electron chi connectivity index (χ2n) is 3.67. The molecule has 0 spiro atoms. The highest BCUT2D eigenvalue weighted by molar-refractivity contribution is 6.41. The maximum absolute atomic E-state index is 12.1. The first-order chi connectivity index (χ1) is 8.99. The lowest BCUT2D eigenvalue weighted by molar-refractivity contribution is 0.102. The number of carbonyl (C=O) groups is 1. The number of hydrogen-bond donors (Lipinski definition) is 1. The van der Waals surface area contributed by atoms with E-state index >= 15 is 0 Å². The van der Waals surface area contributed by atoms with E-state index in [1.165, 1.54) is 12.1 Å². The molecular weight excluding hydrogens is 328 g/mol. The molecule has 0 aliphatic heterocycles. The minimum Gasteiger partial charge on any atom is -0.319 e. The molecule has 0 fully saturated rings. The quantitative estimate of drug-likeness (QED) is 0.766. The molecule has 98 valence electrons. The third-order valence-electron chi connectivity index (χ3n) is 2.38. The van der Waals surface area contributed by atoms with E-state index in [1.54, 1.807) is 24.3 Å². The van der Waals surface area contributed by atoms with Gasteiger partial charge in [-0.15, -0.1) is 0 Å². The van der Waals surface area contributed by atoms with Crippen molar-refractivity contribution < 1.29 is 4.79 Å². The first kappa shape index (κ1) is 14.5. The summed E-state index contributed by atoms with van der Waals surface area (Å²) in [5, 5.41) is 4.04. The van der Waals surface area contributed by atoms with Gasteiger partial charge in [0.2, 0.25) is 0 Å².